The first-order chi connectivity index (χ1) is 31.9. The molecule has 4 N–H and O–H groups in total. The van der Waals surface area contributed by atoms with Crippen molar-refractivity contribution in [1.82, 2.24) is 50.0 Å². The molecule has 0 radical (unpaired) electrons. The van der Waals surface area contributed by atoms with E-state index in [1.165, 1.54) is 12.4 Å². The Hall–Kier alpha value is -6.73. The van der Waals surface area contributed by atoms with E-state index < -0.39 is 18.0 Å². The normalized spacial score (nSPS) is 20.3. The van der Waals surface area contributed by atoms with Crippen LogP contribution in [0.2, 0.25) is 0 Å². The van der Waals surface area contributed by atoms with E-state index in [-0.39, 0.29) is 54.0 Å². The average molecular weight is 904 g/mol. The summed E-state index contributed by atoms with van der Waals surface area (Å²) in [7, 11) is 0. The van der Waals surface area contributed by atoms with Crippen molar-refractivity contribution in [2.45, 2.75) is 102 Å². The largest absolute Gasteiger partial charge is 0.439 e. The lowest BCUT2D eigenvalue weighted by Gasteiger charge is -2.47. The minimum Gasteiger partial charge on any atom is -0.439 e. The van der Waals surface area contributed by atoms with Crippen molar-refractivity contribution in [3.8, 4) is 22.8 Å². The highest BCUT2D eigenvalue weighted by molar-refractivity contribution is 6.02. The number of rotatable bonds is 10. The van der Waals surface area contributed by atoms with E-state index in [2.05, 4.69) is 30.7 Å². The fraction of sp³-hybridized carbons (Fsp3) is 0.522. The second-order valence-electron chi connectivity index (χ2n) is 18.7. The van der Waals surface area contributed by atoms with E-state index in [0.717, 1.165) is 49.8 Å². The van der Waals surface area contributed by atoms with Gasteiger partial charge in [0.15, 0.2) is 23.8 Å². The number of nitrogen functional groups attached to an aromatic ring is 1. The summed E-state index contributed by atoms with van der Waals surface area (Å²) in [5, 5.41) is 15.3. The van der Waals surface area contributed by atoms with Crippen molar-refractivity contribution < 1.29 is 32.8 Å². The number of amides is 4. The molecule has 19 nitrogen and oxygen atoms in total. The van der Waals surface area contributed by atoms with Gasteiger partial charge in [0.25, 0.3) is 5.91 Å². The van der Waals surface area contributed by atoms with Crippen molar-refractivity contribution in [2.24, 2.45) is 5.41 Å². The van der Waals surface area contributed by atoms with Gasteiger partial charge in [-0.2, -0.15) is 5.10 Å². The number of imide groups is 1. The molecule has 4 amide bonds. The summed E-state index contributed by atoms with van der Waals surface area (Å²) in [6, 6.07) is 4.34. The molecule has 1 unspecified atom stereocenters. The van der Waals surface area contributed by atoms with Crippen LogP contribution in [0.15, 0.2) is 41.4 Å². The Morgan fingerprint density at radius 1 is 0.924 bits per heavy atom. The molecule has 20 heteroatoms. The van der Waals surface area contributed by atoms with E-state index in [9.17, 15) is 19.2 Å². The molecule has 4 aromatic heterocycles. The third-order valence-electron chi connectivity index (χ3n) is 14.2. The smallest absolute Gasteiger partial charge is 0.410 e. The van der Waals surface area contributed by atoms with Gasteiger partial charge in [-0.3, -0.25) is 19.7 Å². The van der Waals surface area contributed by atoms with Gasteiger partial charge in [0.2, 0.25) is 11.8 Å². The number of nitrogens with zero attached hydrogens (tertiary/aromatic N) is 10. The minimum absolute atomic E-state index is 0.0140. The summed E-state index contributed by atoms with van der Waals surface area (Å²) in [5.41, 5.74) is 10.8. The van der Waals surface area contributed by atoms with Gasteiger partial charge in [0.1, 0.15) is 35.4 Å². The molecule has 5 aromatic rings. The van der Waals surface area contributed by atoms with E-state index in [1.807, 2.05) is 26.2 Å². The molecule has 0 bridgehead atoms. The van der Waals surface area contributed by atoms with Gasteiger partial charge in [-0.05, 0) is 107 Å². The molecule has 5 fully saturated rings. The van der Waals surface area contributed by atoms with Crippen molar-refractivity contribution in [2.75, 3.05) is 61.8 Å². The SMILES string of the molecule is CC(C)n1nc(-c2noc(C3CC3)c2-c2ncc(C3CCN(C(=O)OCC(=O)N4CCC5(CC4)CCN(c4ccc(NC6CCC(=O)NC6=O)cc4F)CC5)CC3)cn2)c2c(N)ncnc21. The zero-order valence-electron chi connectivity index (χ0n) is 37.2. The number of hydrogen-bond donors (Lipinski definition) is 3. The summed E-state index contributed by atoms with van der Waals surface area (Å²) in [6.45, 7) is 7.25. The van der Waals surface area contributed by atoms with Crippen LogP contribution in [0, 0.1) is 11.2 Å². The van der Waals surface area contributed by atoms with E-state index in [1.54, 1.807) is 26.6 Å². The number of anilines is 3. The Bertz CT molecular complexity index is 2660. The Morgan fingerprint density at radius 2 is 1.65 bits per heavy atom. The maximum Gasteiger partial charge on any atom is 0.410 e. The van der Waals surface area contributed by atoms with Crippen molar-refractivity contribution >= 4 is 52.0 Å². The number of benzene rings is 1. The molecule has 5 aliphatic rings. The predicted octanol–water partition coefficient (Wildman–Crippen LogP) is 5.56. The summed E-state index contributed by atoms with van der Waals surface area (Å²) in [6.07, 6.45) is 12.0. The first-order valence-corrected chi connectivity index (χ1v) is 23.1. The Labute approximate surface area is 380 Å². The highest BCUT2D eigenvalue weighted by Gasteiger charge is 2.40. The van der Waals surface area contributed by atoms with Crippen LogP contribution in [-0.2, 0) is 19.1 Å². The number of nitrogens with two attached hydrogens (primary N) is 1. The second-order valence-corrected chi connectivity index (χ2v) is 18.7. The lowest BCUT2D eigenvalue weighted by Crippen LogP contribution is -2.49. The number of nitrogens with one attached hydrogen (secondary N) is 2. The van der Waals surface area contributed by atoms with Gasteiger partial charge in [0.05, 0.1) is 16.6 Å². The molecule has 1 aliphatic carbocycles. The first-order valence-electron chi connectivity index (χ1n) is 23.1. The fourth-order valence-corrected chi connectivity index (χ4v) is 10.0. The monoisotopic (exact) mass is 903 g/mol. The Morgan fingerprint density at radius 3 is 2.33 bits per heavy atom. The summed E-state index contributed by atoms with van der Waals surface area (Å²) >= 11 is 0. The lowest BCUT2D eigenvalue weighted by atomic mass is 9.71. The number of fused-ring (bicyclic) bond motifs is 1. The highest BCUT2D eigenvalue weighted by Crippen LogP contribution is 2.48. The molecule has 10 rings (SSSR count). The predicted molar refractivity (Wildman–Crippen MR) is 239 cm³/mol. The third kappa shape index (κ3) is 8.48. The number of halogens is 1. The molecule has 1 aromatic carbocycles. The maximum atomic E-state index is 15.3. The topological polar surface area (TPSA) is 233 Å². The van der Waals surface area contributed by atoms with Crippen molar-refractivity contribution in [3.63, 3.8) is 0 Å². The molecular weight excluding hydrogens is 850 g/mol. The van der Waals surface area contributed by atoms with Gasteiger partial charge in [-0.1, -0.05) is 5.16 Å². The van der Waals surface area contributed by atoms with Gasteiger partial charge >= 0.3 is 6.09 Å². The number of piperidine rings is 4. The van der Waals surface area contributed by atoms with Gasteiger partial charge in [-0.15, -0.1) is 0 Å². The molecule has 1 atom stereocenters. The Kier molecular flexibility index (Phi) is 11.5. The van der Waals surface area contributed by atoms with Crippen LogP contribution in [0.1, 0.15) is 107 Å². The summed E-state index contributed by atoms with van der Waals surface area (Å²) in [4.78, 5) is 73.8. The number of likely N-dealkylation sites (tertiary alicyclic amines) is 2. The van der Waals surface area contributed by atoms with E-state index in [0.29, 0.717) is 110 Å². The highest BCUT2D eigenvalue weighted by atomic mass is 19.1. The summed E-state index contributed by atoms with van der Waals surface area (Å²) < 4.78 is 28.6. The van der Waals surface area contributed by atoms with Crippen LogP contribution in [-0.4, -0.2) is 120 Å². The van der Waals surface area contributed by atoms with Crippen LogP contribution >= 0.6 is 0 Å². The fourth-order valence-electron chi connectivity index (χ4n) is 10.0. The Balaban J connectivity index is 0.687. The van der Waals surface area contributed by atoms with Gasteiger partial charge < -0.3 is 35.0 Å². The van der Waals surface area contributed by atoms with Crippen LogP contribution in [0.3, 0.4) is 0 Å². The quantitative estimate of drug-likeness (QED) is 0.146. The van der Waals surface area contributed by atoms with Gasteiger partial charge in [-0.25, -0.2) is 33.8 Å². The molecule has 66 heavy (non-hydrogen) atoms. The molecule has 346 valence electrons. The maximum absolute atomic E-state index is 15.3. The van der Waals surface area contributed by atoms with Crippen molar-refractivity contribution in [3.05, 3.63) is 54.1 Å². The molecular formula is C46H54FN13O6. The zero-order valence-corrected chi connectivity index (χ0v) is 37.2. The number of aromatic nitrogens is 7. The standard InChI is InChI=1S/C46H54FN13O6/c1-26(2)60-43-37(41(48)51-25-52-43)38(55-60)39-36(40(66-56-39)28-3-4-28)42-49-22-29(23-50-42)27-9-15-59(16-10-27)45(64)65-24-35(62)58-19-13-46(14-20-58)11-17-57(18-12-46)33-7-5-30(21-31(33)47)53-32-6-8-34(61)54-44(32)63/h5,7,21-23,25-28,32,53H,3-4,6,8-20,24H2,1-2H3,(H2,48,51,52)(H,54,61,63). The molecule has 4 saturated heterocycles. The van der Waals surface area contributed by atoms with Crippen LogP contribution < -0.4 is 21.3 Å². The lowest BCUT2D eigenvalue weighted by molar-refractivity contribution is -0.137. The molecule has 4 aliphatic heterocycles. The number of carbonyl (C=O) groups is 4. The van der Waals surface area contributed by atoms with Crippen molar-refractivity contribution in [1.29, 1.82) is 0 Å². The first kappa shape index (κ1) is 43.2. The minimum atomic E-state index is -0.582. The third-order valence-corrected chi connectivity index (χ3v) is 14.2. The molecule has 1 saturated carbocycles. The zero-order chi connectivity index (χ0) is 45.7. The van der Waals surface area contributed by atoms with Crippen LogP contribution in [0.4, 0.5) is 26.4 Å². The average Bonchev–Trinajstić information content (AvgIpc) is 3.95. The van der Waals surface area contributed by atoms with Crippen LogP contribution in [0.5, 0.6) is 0 Å². The van der Waals surface area contributed by atoms with E-state index in [4.69, 9.17) is 30.1 Å². The number of ether oxygens (including phenoxy) is 1. The number of hydrogen-bond acceptors (Lipinski definition) is 15. The molecule has 1 spiro atoms. The molecule has 8 heterocycles. The second kappa shape index (κ2) is 17.6. The number of carbonyl (C=O) groups excluding carboxylic acids is 4. The van der Waals surface area contributed by atoms with Crippen LogP contribution in [0.25, 0.3) is 33.8 Å². The summed E-state index contributed by atoms with van der Waals surface area (Å²) in [5.74, 6) is 0.618. The van der Waals surface area contributed by atoms with E-state index >= 15 is 4.39 Å². The van der Waals surface area contributed by atoms with Gasteiger partial charge in [0, 0.05) is 75.7 Å².